The van der Waals surface area contributed by atoms with Crippen molar-refractivity contribution in [3.63, 3.8) is 0 Å². The molecular weight excluding hydrogens is 444 g/mol. The lowest BCUT2D eigenvalue weighted by atomic mass is 9.95. The third kappa shape index (κ3) is 3.98. The van der Waals surface area contributed by atoms with Crippen LogP contribution in [0.5, 0.6) is 0 Å². The topological polar surface area (TPSA) is 112 Å². The maximum absolute atomic E-state index is 12.5. The molecule has 0 radical (unpaired) electrons. The Morgan fingerprint density at radius 2 is 2.00 bits per heavy atom. The number of fused-ring (bicyclic) bond motifs is 3. The fourth-order valence-corrected chi connectivity index (χ4v) is 6.84. The largest absolute Gasteiger partial charge is 0.452 e. The number of ether oxygens (including phenoxy) is 1. The second kappa shape index (κ2) is 8.44. The Hall–Kier alpha value is -2.95. The van der Waals surface area contributed by atoms with Gasteiger partial charge in [0.25, 0.3) is 0 Å². The number of nitrogens with zero attached hydrogens (tertiary/aromatic N) is 6. The van der Waals surface area contributed by atoms with Crippen LogP contribution in [-0.2, 0) is 34.0 Å². The van der Waals surface area contributed by atoms with Crippen molar-refractivity contribution in [2.75, 3.05) is 23.5 Å². The van der Waals surface area contributed by atoms with Crippen molar-refractivity contribution >= 4 is 32.7 Å². The van der Waals surface area contributed by atoms with E-state index in [1.807, 2.05) is 19.1 Å². The SMILES string of the molecule is COC(=O)N1c2ccc3c(nc(CCn4nccn4)n3[C@@H]3CCCS(=O)(=O)C3)c2CC[C@@H]1C. The summed E-state index contributed by atoms with van der Waals surface area (Å²) < 4.78 is 32.0. The summed E-state index contributed by atoms with van der Waals surface area (Å²) in [7, 11) is -1.71. The molecular formula is C22H28N6O4S. The molecule has 2 aliphatic rings. The highest BCUT2D eigenvalue weighted by Gasteiger charge is 2.33. The number of benzene rings is 1. The van der Waals surface area contributed by atoms with Crippen LogP contribution in [0.2, 0.25) is 0 Å². The number of hydrogen-bond donors (Lipinski definition) is 0. The van der Waals surface area contributed by atoms with Crippen LogP contribution in [0.4, 0.5) is 10.5 Å². The Kier molecular flexibility index (Phi) is 5.59. The van der Waals surface area contributed by atoms with Crippen LogP contribution in [0.15, 0.2) is 24.5 Å². The maximum atomic E-state index is 12.5. The summed E-state index contributed by atoms with van der Waals surface area (Å²) in [5.41, 5.74) is 3.57. The number of carbonyl (C=O) groups excluding carboxylic acids is 1. The smallest absolute Gasteiger partial charge is 0.414 e. The number of hydrogen-bond acceptors (Lipinski definition) is 7. The van der Waals surface area contributed by atoms with E-state index < -0.39 is 9.84 Å². The minimum Gasteiger partial charge on any atom is -0.452 e. The van der Waals surface area contributed by atoms with Crippen LogP contribution in [0.3, 0.4) is 0 Å². The molecule has 0 bridgehead atoms. The van der Waals surface area contributed by atoms with E-state index in [-0.39, 0.29) is 29.7 Å². The molecule has 10 nitrogen and oxygen atoms in total. The number of sulfone groups is 1. The quantitative estimate of drug-likeness (QED) is 0.573. The third-order valence-corrected chi connectivity index (χ3v) is 8.51. The van der Waals surface area contributed by atoms with Gasteiger partial charge in [-0.2, -0.15) is 15.0 Å². The molecule has 3 aromatic rings. The monoisotopic (exact) mass is 472 g/mol. The summed E-state index contributed by atoms with van der Waals surface area (Å²) in [6, 6.07) is 3.77. The van der Waals surface area contributed by atoms with Gasteiger partial charge in [-0.25, -0.2) is 18.2 Å². The van der Waals surface area contributed by atoms with Crippen LogP contribution in [0.25, 0.3) is 11.0 Å². The normalized spacial score (nSPS) is 22.3. The van der Waals surface area contributed by atoms with Crippen LogP contribution in [-0.4, -0.2) is 63.7 Å². The van der Waals surface area contributed by atoms with Gasteiger partial charge < -0.3 is 9.30 Å². The number of aromatic nitrogens is 5. The van der Waals surface area contributed by atoms with Gasteiger partial charge in [0, 0.05) is 24.1 Å². The molecule has 0 N–H and O–H groups in total. The van der Waals surface area contributed by atoms with Gasteiger partial charge in [-0.15, -0.1) is 0 Å². The standard InChI is InChI=1S/C22H28N6O4S/c1-15-5-6-17-18(27(15)22(29)32-2)7-8-19-21(17)25-20(9-12-26-23-10-11-24-26)28(19)16-4-3-13-33(30,31)14-16/h7-8,10-11,15-16H,3-6,9,12-14H2,1-2H3/t15-,16+/m0/s1. The summed E-state index contributed by atoms with van der Waals surface area (Å²) in [5, 5.41) is 8.36. The van der Waals surface area contributed by atoms with Crippen molar-refractivity contribution in [1.82, 2.24) is 24.5 Å². The van der Waals surface area contributed by atoms with Gasteiger partial charge in [-0.1, -0.05) is 0 Å². The zero-order valence-electron chi connectivity index (χ0n) is 18.8. The Morgan fingerprint density at radius 1 is 1.21 bits per heavy atom. The van der Waals surface area contributed by atoms with Gasteiger partial charge in [0.2, 0.25) is 0 Å². The average Bonchev–Trinajstić information content (AvgIpc) is 3.43. The molecule has 1 fully saturated rings. The molecule has 0 aliphatic carbocycles. The lowest BCUT2D eigenvalue weighted by molar-refractivity contribution is 0.175. The highest BCUT2D eigenvalue weighted by molar-refractivity contribution is 7.91. The number of methoxy groups -OCH3 is 1. The Labute approximate surface area is 192 Å². The summed E-state index contributed by atoms with van der Waals surface area (Å²) in [5.74, 6) is 1.18. The second-order valence-corrected chi connectivity index (χ2v) is 11.1. The Morgan fingerprint density at radius 3 is 2.73 bits per heavy atom. The van der Waals surface area contributed by atoms with Gasteiger partial charge >= 0.3 is 6.09 Å². The summed E-state index contributed by atoms with van der Waals surface area (Å²) >= 11 is 0. The molecule has 0 unspecified atom stereocenters. The molecule has 1 amide bonds. The van der Waals surface area contributed by atoms with Crippen LogP contribution in [0, 0.1) is 0 Å². The number of anilines is 1. The molecule has 5 rings (SSSR count). The number of aryl methyl sites for hydroxylation is 3. The molecule has 2 aromatic heterocycles. The number of imidazole rings is 1. The fraction of sp³-hybridized carbons (Fsp3) is 0.545. The van der Waals surface area contributed by atoms with Crippen molar-refractivity contribution in [2.45, 2.75) is 57.7 Å². The Bertz CT molecular complexity index is 1280. The van der Waals surface area contributed by atoms with Gasteiger partial charge in [-0.3, -0.25) is 4.90 Å². The molecule has 1 aromatic carbocycles. The van der Waals surface area contributed by atoms with Crippen LogP contribution >= 0.6 is 0 Å². The Balaban J connectivity index is 1.63. The third-order valence-electron chi connectivity index (χ3n) is 6.71. The molecule has 2 aliphatic heterocycles. The van der Waals surface area contributed by atoms with E-state index in [0.717, 1.165) is 47.4 Å². The van der Waals surface area contributed by atoms with Gasteiger partial charge in [0.05, 0.1) is 54.3 Å². The van der Waals surface area contributed by atoms with Crippen molar-refractivity contribution < 1.29 is 17.9 Å². The minimum atomic E-state index is -3.10. The minimum absolute atomic E-state index is 0.0262. The van der Waals surface area contributed by atoms with Crippen molar-refractivity contribution in [3.8, 4) is 0 Å². The maximum Gasteiger partial charge on any atom is 0.414 e. The highest BCUT2D eigenvalue weighted by atomic mass is 32.2. The lowest BCUT2D eigenvalue weighted by Crippen LogP contribution is -2.42. The van der Waals surface area contributed by atoms with E-state index in [1.54, 1.807) is 22.1 Å². The first-order valence-corrected chi connectivity index (χ1v) is 13.1. The summed E-state index contributed by atoms with van der Waals surface area (Å²) in [6.07, 6.45) is 6.49. The molecule has 4 heterocycles. The highest BCUT2D eigenvalue weighted by Crippen LogP contribution is 2.38. The zero-order valence-corrected chi connectivity index (χ0v) is 19.7. The molecule has 176 valence electrons. The van der Waals surface area contributed by atoms with E-state index >= 15 is 0 Å². The number of rotatable bonds is 4. The first-order valence-electron chi connectivity index (χ1n) is 11.3. The first kappa shape index (κ1) is 21.9. The predicted octanol–water partition coefficient (Wildman–Crippen LogP) is 2.53. The molecule has 0 spiro atoms. The average molecular weight is 473 g/mol. The summed E-state index contributed by atoms with van der Waals surface area (Å²) in [4.78, 5) is 20.8. The van der Waals surface area contributed by atoms with Crippen molar-refractivity contribution in [1.29, 1.82) is 0 Å². The van der Waals surface area contributed by atoms with Gasteiger partial charge in [0.15, 0.2) is 9.84 Å². The molecule has 33 heavy (non-hydrogen) atoms. The number of carbonyl (C=O) groups is 1. The van der Waals surface area contributed by atoms with Crippen molar-refractivity contribution in [2.24, 2.45) is 0 Å². The van der Waals surface area contributed by atoms with Crippen LogP contribution < -0.4 is 4.90 Å². The van der Waals surface area contributed by atoms with Gasteiger partial charge in [0.1, 0.15) is 5.82 Å². The second-order valence-electron chi connectivity index (χ2n) is 8.84. The van der Waals surface area contributed by atoms with E-state index in [2.05, 4.69) is 14.8 Å². The fourth-order valence-electron chi connectivity index (χ4n) is 5.17. The molecule has 0 saturated carbocycles. The van der Waals surface area contributed by atoms with Gasteiger partial charge in [-0.05, 0) is 44.7 Å². The van der Waals surface area contributed by atoms with E-state index in [4.69, 9.17) is 9.72 Å². The predicted molar refractivity (Wildman–Crippen MR) is 123 cm³/mol. The van der Waals surface area contributed by atoms with Crippen molar-refractivity contribution in [3.05, 3.63) is 35.9 Å². The summed E-state index contributed by atoms with van der Waals surface area (Å²) in [6.45, 7) is 2.56. The molecule has 11 heteroatoms. The first-order chi connectivity index (χ1) is 15.9. The number of amides is 1. The van der Waals surface area contributed by atoms with E-state index in [9.17, 15) is 13.2 Å². The zero-order chi connectivity index (χ0) is 23.2. The van der Waals surface area contributed by atoms with Crippen LogP contribution in [0.1, 0.15) is 43.6 Å². The lowest BCUT2D eigenvalue weighted by Gasteiger charge is -2.34. The molecule has 2 atom stereocenters. The van der Waals surface area contributed by atoms with E-state index in [0.29, 0.717) is 19.4 Å². The van der Waals surface area contributed by atoms with E-state index in [1.165, 1.54) is 7.11 Å². The molecule has 1 saturated heterocycles.